The predicted octanol–water partition coefficient (Wildman–Crippen LogP) is 3.95. The molecule has 0 radical (unpaired) electrons. The summed E-state index contributed by atoms with van der Waals surface area (Å²) in [5, 5.41) is 13.0. The average Bonchev–Trinajstić information content (AvgIpc) is 2.73. The van der Waals surface area contributed by atoms with Gasteiger partial charge in [0.25, 0.3) is 0 Å². The lowest BCUT2D eigenvalue weighted by Crippen LogP contribution is -2.11. The Labute approximate surface area is 172 Å². The van der Waals surface area contributed by atoms with Crippen molar-refractivity contribution in [3.05, 3.63) is 60.2 Å². The highest BCUT2D eigenvalue weighted by molar-refractivity contribution is 5.92. The van der Waals surface area contributed by atoms with Crippen molar-refractivity contribution >= 4 is 28.4 Å². The molecule has 0 aromatic carbocycles. The van der Waals surface area contributed by atoms with Gasteiger partial charge in [-0.15, -0.1) is 0 Å². The van der Waals surface area contributed by atoms with Crippen LogP contribution in [0.5, 0.6) is 0 Å². The number of aromatic nitrogens is 5. The fraction of sp³-hybridized carbons (Fsp3) is 0.182. The van der Waals surface area contributed by atoms with Crippen LogP contribution in [0, 0.1) is 11.3 Å². The lowest BCUT2D eigenvalue weighted by molar-refractivity contribution is 0.421. The third-order valence-corrected chi connectivity index (χ3v) is 5.35. The van der Waals surface area contributed by atoms with Crippen molar-refractivity contribution in [3.8, 4) is 17.5 Å². The minimum Gasteiger partial charge on any atom is -0.383 e. The molecule has 0 saturated heterocycles. The fourth-order valence-corrected chi connectivity index (χ4v) is 3.63. The van der Waals surface area contributed by atoms with Gasteiger partial charge in [-0.05, 0) is 48.6 Å². The molecule has 1 saturated carbocycles. The molecule has 0 bridgehead atoms. The van der Waals surface area contributed by atoms with E-state index < -0.39 is 0 Å². The lowest BCUT2D eigenvalue weighted by Gasteiger charge is -2.26. The topological polar surface area (TPSA) is 126 Å². The Morgan fingerprint density at radius 2 is 1.97 bits per heavy atom. The third kappa shape index (κ3) is 3.26. The minimum atomic E-state index is 0.330. The van der Waals surface area contributed by atoms with Crippen LogP contribution in [0.15, 0.2) is 48.9 Å². The summed E-state index contributed by atoms with van der Waals surface area (Å²) < 4.78 is 0. The van der Waals surface area contributed by atoms with Crippen LogP contribution in [0.2, 0.25) is 0 Å². The highest BCUT2D eigenvalue weighted by Gasteiger charge is 2.23. The van der Waals surface area contributed by atoms with E-state index in [2.05, 4.69) is 25.3 Å². The molecule has 5 rings (SSSR count). The second-order valence-corrected chi connectivity index (χ2v) is 7.26. The van der Waals surface area contributed by atoms with Gasteiger partial charge in [0, 0.05) is 23.3 Å². The molecular weight excluding hydrogens is 376 g/mol. The molecule has 0 amide bonds. The Hall–Kier alpha value is -4.12. The lowest BCUT2D eigenvalue weighted by atomic mass is 9.79. The first-order chi connectivity index (χ1) is 14.7. The van der Waals surface area contributed by atoms with Crippen LogP contribution in [-0.2, 0) is 0 Å². The summed E-state index contributed by atoms with van der Waals surface area (Å²) in [6, 6.07) is 10.9. The Kier molecular flexibility index (Phi) is 4.41. The number of pyridine rings is 3. The number of nitrogens with two attached hydrogens (primary N) is 1. The number of nitrogens with zero attached hydrogens (tertiary/aromatic N) is 6. The number of fused-ring (bicyclic) bond motifs is 1. The van der Waals surface area contributed by atoms with E-state index in [9.17, 15) is 0 Å². The summed E-state index contributed by atoms with van der Waals surface area (Å²) in [5.74, 6) is 2.57. The maximum absolute atomic E-state index is 9.02. The van der Waals surface area contributed by atoms with E-state index in [4.69, 9.17) is 16.0 Å². The van der Waals surface area contributed by atoms with Gasteiger partial charge in [-0.3, -0.25) is 4.98 Å². The standard InChI is InChI=1S/C22H18N8/c23-10-15-5-2-6-18(27-15)29-19-9-14(7-8-26-19)22-28-17-12-25-11-16(13-3-1-4-13)20(17)21(24)30-22/h2,5-9,11-13H,1,3-4H2,(H2,24,28,30)(H,26,27,29). The van der Waals surface area contributed by atoms with Crippen LogP contribution in [-0.4, -0.2) is 24.9 Å². The molecule has 1 aliphatic carbocycles. The van der Waals surface area contributed by atoms with Gasteiger partial charge in [-0.25, -0.2) is 19.9 Å². The molecule has 30 heavy (non-hydrogen) atoms. The molecule has 146 valence electrons. The van der Waals surface area contributed by atoms with Crippen LogP contribution >= 0.6 is 0 Å². The van der Waals surface area contributed by atoms with Crippen LogP contribution in [0.1, 0.15) is 36.4 Å². The van der Waals surface area contributed by atoms with Gasteiger partial charge in [-0.2, -0.15) is 5.26 Å². The molecule has 1 aliphatic rings. The van der Waals surface area contributed by atoms with Gasteiger partial charge in [0.1, 0.15) is 29.2 Å². The van der Waals surface area contributed by atoms with Gasteiger partial charge in [-0.1, -0.05) is 12.5 Å². The maximum Gasteiger partial charge on any atom is 0.162 e. The minimum absolute atomic E-state index is 0.330. The normalized spacial score (nSPS) is 13.6. The summed E-state index contributed by atoms with van der Waals surface area (Å²) >= 11 is 0. The molecule has 0 atom stereocenters. The summed E-state index contributed by atoms with van der Waals surface area (Å²) in [5.41, 5.74) is 9.34. The summed E-state index contributed by atoms with van der Waals surface area (Å²) in [6.45, 7) is 0. The van der Waals surface area contributed by atoms with Crippen molar-refractivity contribution in [1.29, 1.82) is 5.26 Å². The van der Waals surface area contributed by atoms with Crippen molar-refractivity contribution in [2.75, 3.05) is 11.1 Å². The van der Waals surface area contributed by atoms with E-state index in [0.29, 0.717) is 34.9 Å². The highest BCUT2D eigenvalue weighted by Crippen LogP contribution is 2.40. The Morgan fingerprint density at radius 1 is 1.07 bits per heavy atom. The fourth-order valence-electron chi connectivity index (χ4n) is 3.63. The molecule has 3 N–H and O–H groups in total. The first-order valence-electron chi connectivity index (χ1n) is 9.73. The smallest absolute Gasteiger partial charge is 0.162 e. The van der Waals surface area contributed by atoms with Crippen molar-refractivity contribution in [3.63, 3.8) is 0 Å². The van der Waals surface area contributed by atoms with Crippen molar-refractivity contribution < 1.29 is 0 Å². The number of hydrogen-bond donors (Lipinski definition) is 2. The molecule has 4 aromatic heterocycles. The highest BCUT2D eigenvalue weighted by atomic mass is 15.1. The molecule has 0 aliphatic heterocycles. The zero-order valence-electron chi connectivity index (χ0n) is 16.1. The number of hydrogen-bond acceptors (Lipinski definition) is 8. The summed E-state index contributed by atoms with van der Waals surface area (Å²) in [4.78, 5) is 22.2. The number of anilines is 3. The maximum atomic E-state index is 9.02. The zero-order chi connectivity index (χ0) is 20.5. The van der Waals surface area contributed by atoms with Gasteiger partial charge in [0.05, 0.1) is 11.7 Å². The largest absolute Gasteiger partial charge is 0.383 e. The van der Waals surface area contributed by atoms with E-state index in [0.717, 1.165) is 34.9 Å². The van der Waals surface area contributed by atoms with Crippen molar-refractivity contribution in [1.82, 2.24) is 24.9 Å². The monoisotopic (exact) mass is 394 g/mol. The van der Waals surface area contributed by atoms with E-state index in [1.54, 1.807) is 30.6 Å². The number of rotatable bonds is 4. The van der Waals surface area contributed by atoms with Gasteiger partial charge >= 0.3 is 0 Å². The molecule has 1 fully saturated rings. The summed E-state index contributed by atoms with van der Waals surface area (Å²) in [7, 11) is 0. The van der Waals surface area contributed by atoms with Gasteiger partial charge < -0.3 is 11.1 Å². The molecule has 8 nitrogen and oxygen atoms in total. The predicted molar refractivity (Wildman–Crippen MR) is 114 cm³/mol. The summed E-state index contributed by atoms with van der Waals surface area (Å²) in [6.07, 6.45) is 8.83. The molecule has 0 spiro atoms. The Morgan fingerprint density at radius 3 is 2.77 bits per heavy atom. The van der Waals surface area contributed by atoms with Crippen molar-refractivity contribution in [2.45, 2.75) is 25.2 Å². The number of nitrogen functional groups attached to an aromatic ring is 1. The van der Waals surface area contributed by atoms with Crippen molar-refractivity contribution in [2.24, 2.45) is 0 Å². The molecule has 0 unspecified atom stereocenters. The first kappa shape index (κ1) is 17.9. The van der Waals surface area contributed by atoms with Crippen LogP contribution in [0.4, 0.5) is 17.5 Å². The van der Waals surface area contributed by atoms with E-state index in [1.807, 2.05) is 24.4 Å². The van der Waals surface area contributed by atoms with Crippen LogP contribution in [0.3, 0.4) is 0 Å². The quantitative estimate of drug-likeness (QED) is 0.533. The Bertz CT molecular complexity index is 1290. The SMILES string of the molecule is N#Cc1cccc(Nc2cc(-c3nc(N)c4c(C5CCC5)cncc4n3)ccn2)n1. The second kappa shape index (κ2) is 7.37. The van der Waals surface area contributed by atoms with Gasteiger partial charge in [0.2, 0.25) is 0 Å². The van der Waals surface area contributed by atoms with Crippen LogP contribution in [0.25, 0.3) is 22.3 Å². The molecule has 4 aromatic rings. The Balaban J connectivity index is 1.51. The van der Waals surface area contributed by atoms with E-state index >= 15 is 0 Å². The zero-order valence-corrected chi connectivity index (χ0v) is 16.1. The van der Waals surface area contributed by atoms with E-state index in [-0.39, 0.29) is 0 Å². The molecule has 8 heteroatoms. The molecular formula is C22H18N8. The molecule has 4 heterocycles. The van der Waals surface area contributed by atoms with E-state index in [1.165, 1.54) is 6.42 Å². The first-order valence-corrected chi connectivity index (χ1v) is 9.73. The van der Waals surface area contributed by atoms with Crippen LogP contribution < -0.4 is 11.1 Å². The second-order valence-electron chi connectivity index (χ2n) is 7.26. The average molecular weight is 394 g/mol. The number of nitrogens with one attached hydrogen (secondary N) is 1. The third-order valence-electron chi connectivity index (χ3n) is 5.35. The number of nitriles is 1. The van der Waals surface area contributed by atoms with Gasteiger partial charge in [0.15, 0.2) is 5.82 Å².